The van der Waals surface area contributed by atoms with Crippen LogP contribution in [0.15, 0.2) is 152 Å². The molecule has 1 aliphatic carbocycles. The summed E-state index contributed by atoms with van der Waals surface area (Å²) < 4.78 is 2.33. The molecule has 1 aliphatic rings. The van der Waals surface area contributed by atoms with Crippen LogP contribution in [0.3, 0.4) is 0 Å². The molecule has 0 fully saturated rings. The maximum absolute atomic E-state index is 5.26. The predicted octanol–water partition coefficient (Wildman–Crippen LogP) is 10.9. The van der Waals surface area contributed by atoms with Crippen LogP contribution in [0.5, 0.6) is 0 Å². The van der Waals surface area contributed by atoms with Gasteiger partial charge in [-0.3, -0.25) is 4.57 Å². The van der Waals surface area contributed by atoms with Crippen molar-refractivity contribution < 1.29 is 0 Å². The fourth-order valence-corrected chi connectivity index (χ4v) is 7.35. The fourth-order valence-electron chi connectivity index (χ4n) is 7.35. The van der Waals surface area contributed by atoms with Gasteiger partial charge in [0.15, 0.2) is 5.82 Å². The summed E-state index contributed by atoms with van der Waals surface area (Å²) in [5.74, 6) is 1.56. The highest BCUT2D eigenvalue weighted by Gasteiger charge is 2.27. The van der Waals surface area contributed by atoms with E-state index in [1.807, 2.05) is 18.2 Å². The lowest BCUT2D eigenvalue weighted by Gasteiger charge is -2.13. The van der Waals surface area contributed by atoms with Crippen LogP contribution in [-0.4, -0.2) is 14.5 Å². The van der Waals surface area contributed by atoms with E-state index in [1.165, 1.54) is 54.6 Å². The van der Waals surface area contributed by atoms with E-state index in [9.17, 15) is 0 Å². The molecule has 0 unspecified atom stereocenters. The zero-order valence-electron chi connectivity index (χ0n) is 24.3. The second-order valence-corrected chi connectivity index (χ2v) is 11.8. The molecule has 3 nitrogen and oxygen atoms in total. The first kappa shape index (κ1) is 24.4. The van der Waals surface area contributed by atoms with Gasteiger partial charge >= 0.3 is 0 Å². The van der Waals surface area contributed by atoms with Gasteiger partial charge in [-0.15, -0.1) is 0 Å². The number of rotatable bonds is 3. The molecule has 9 aromatic rings. The van der Waals surface area contributed by atoms with Crippen LogP contribution in [-0.2, 0) is 0 Å². The first-order valence-electron chi connectivity index (χ1n) is 15.3. The highest BCUT2D eigenvalue weighted by Crippen LogP contribution is 2.52. The lowest BCUT2D eigenvalue weighted by atomic mass is 9.98. The second kappa shape index (κ2) is 9.22. The van der Waals surface area contributed by atoms with E-state index in [0.29, 0.717) is 5.82 Å². The van der Waals surface area contributed by atoms with Crippen molar-refractivity contribution in [3.8, 4) is 50.7 Å². The Morgan fingerprint density at radius 3 is 2.07 bits per heavy atom. The van der Waals surface area contributed by atoms with Crippen molar-refractivity contribution in [2.24, 2.45) is 0 Å². The molecule has 7 aromatic carbocycles. The predicted molar refractivity (Wildman–Crippen MR) is 187 cm³/mol. The fraction of sp³-hybridized carbons (Fsp3) is 0. The molecule has 2 heterocycles. The first-order chi connectivity index (χ1) is 22.3. The Kier molecular flexibility index (Phi) is 5.00. The number of fused-ring (bicyclic) bond motifs is 8. The van der Waals surface area contributed by atoms with Crippen LogP contribution in [0.1, 0.15) is 0 Å². The number of hydrogen-bond donors (Lipinski definition) is 0. The lowest BCUT2D eigenvalue weighted by molar-refractivity contribution is 1.05. The number of aromatic nitrogens is 3. The van der Waals surface area contributed by atoms with Crippen molar-refractivity contribution in [2.45, 2.75) is 0 Å². The third-order valence-corrected chi connectivity index (χ3v) is 9.32. The number of hydrogen-bond acceptors (Lipinski definition) is 2. The minimum absolute atomic E-state index is 0.709. The molecule has 0 aliphatic heterocycles. The highest BCUT2D eigenvalue weighted by molar-refractivity contribution is 6.26. The van der Waals surface area contributed by atoms with Gasteiger partial charge in [0.25, 0.3) is 0 Å². The zero-order chi connectivity index (χ0) is 29.5. The van der Waals surface area contributed by atoms with Crippen LogP contribution in [0, 0.1) is 0 Å². The Morgan fingerprint density at radius 1 is 0.422 bits per heavy atom. The van der Waals surface area contributed by atoms with Gasteiger partial charge in [0, 0.05) is 33.5 Å². The standard InChI is InChI=1S/C42H25N3/c1-2-11-28(12-3-1)42-43-35(30-21-20-26-10-4-5-13-29(26)24-30)25-38(44-42)45-36-19-7-6-16-33(36)41-37(45)23-22-32-31-17-8-14-27-15-9-18-34(39(27)31)40(32)41/h1-25H. The maximum Gasteiger partial charge on any atom is 0.162 e. The van der Waals surface area contributed by atoms with Gasteiger partial charge in [-0.1, -0.05) is 127 Å². The summed E-state index contributed by atoms with van der Waals surface area (Å²) in [5, 5.41) is 7.51. The number of nitrogens with zero attached hydrogens (tertiary/aromatic N) is 3. The smallest absolute Gasteiger partial charge is 0.162 e. The topological polar surface area (TPSA) is 30.7 Å². The number of benzene rings is 7. The normalized spacial score (nSPS) is 12.0. The largest absolute Gasteiger partial charge is 0.294 e. The van der Waals surface area contributed by atoms with Crippen molar-refractivity contribution in [1.82, 2.24) is 14.5 Å². The SMILES string of the molecule is c1ccc(-c2nc(-c3ccc4ccccc4c3)cc(-n3c4ccccc4c4c5c(ccc43)-c3cccc4cccc-5c34)n2)cc1. The third-order valence-electron chi connectivity index (χ3n) is 9.32. The van der Waals surface area contributed by atoms with Gasteiger partial charge < -0.3 is 0 Å². The van der Waals surface area contributed by atoms with E-state index in [4.69, 9.17) is 9.97 Å². The molecular formula is C42H25N3. The van der Waals surface area contributed by atoms with Gasteiger partial charge in [-0.25, -0.2) is 9.97 Å². The van der Waals surface area contributed by atoms with Gasteiger partial charge in [-0.2, -0.15) is 0 Å². The molecule has 0 bridgehead atoms. The van der Waals surface area contributed by atoms with E-state index in [-0.39, 0.29) is 0 Å². The molecule has 0 N–H and O–H groups in total. The Bertz CT molecular complexity index is 2640. The van der Waals surface area contributed by atoms with Crippen LogP contribution < -0.4 is 0 Å². The molecule has 0 radical (unpaired) electrons. The van der Waals surface area contributed by atoms with Crippen LogP contribution >= 0.6 is 0 Å². The minimum Gasteiger partial charge on any atom is -0.294 e. The van der Waals surface area contributed by atoms with Gasteiger partial charge in [0.2, 0.25) is 0 Å². The molecule has 0 amide bonds. The molecule has 10 rings (SSSR count). The highest BCUT2D eigenvalue weighted by atomic mass is 15.1. The van der Waals surface area contributed by atoms with Crippen LogP contribution in [0.4, 0.5) is 0 Å². The van der Waals surface area contributed by atoms with Crippen LogP contribution in [0.25, 0.3) is 94.1 Å². The summed E-state index contributed by atoms with van der Waals surface area (Å²) in [6.45, 7) is 0. The second-order valence-electron chi connectivity index (χ2n) is 11.8. The quantitative estimate of drug-likeness (QED) is 0.211. The molecule has 45 heavy (non-hydrogen) atoms. The van der Waals surface area contributed by atoms with Gasteiger partial charge in [-0.05, 0) is 56.4 Å². The Balaban J connectivity index is 1.29. The molecule has 0 atom stereocenters. The molecule has 3 heteroatoms. The van der Waals surface area contributed by atoms with E-state index < -0.39 is 0 Å². The summed E-state index contributed by atoms with van der Waals surface area (Å²) >= 11 is 0. The molecule has 0 saturated heterocycles. The van der Waals surface area contributed by atoms with Crippen LogP contribution in [0.2, 0.25) is 0 Å². The zero-order valence-corrected chi connectivity index (χ0v) is 24.3. The van der Waals surface area contributed by atoms with Crippen molar-refractivity contribution in [2.75, 3.05) is 0 Å². The Hall–Kier alpha value is -6.06. The average Bonchev–Trinajstić information content (AvgIpc) is 3.62. The van der Waals surface area contributed by atoms with E-state index in [1.54, 1.807) is 0 Å². The summed E-state index contributed by atoms with van der Waals surface area (Å²) in [5.41, 5.74) is 10.4. The van der Waals surface area contributed by atoms with Gasteiger partial charge in [0.1, 0.15) is 5.82 Å². The van der Waals surface area contributed by atoms with E-state index in [0.717, 1.165) is 33.7 Å². The molecular weight excluding hydrogens is 546 g/mol. The van der Waals surface area contributed by atoms with Crippen molar-refractivity contribution in [3.63, 3.8) is 0 Å². The van der Waals surface area contributed by atoms with Crippen molar-refractivity contribution >= 4 is 43.4 Å². The Labute approximate surface area is 259 Å². The molecule has 208 valence electrons. The minimum atomic E-state index is 0.709. The summed E-state index contributed by atoms with van der Waals surface area (Å²) in [4.78, 5) is 10.4. The summed E-state index contributed by atoms with van der Waals surface area (Å²) in [6, 6.07) is 54.1. The molecule has 2 aromatic heterocycles. The number of para-hydroxylation sites is 1. The van der Waals surface area contributed by atoms with Crippen molar-refractivity contribution in [1.29, 1.82) is 0 Å². The molecule has 0 saturated carbocycles. The van der Waals surface area contributed by atoms with Gasteiger partial charge in [0.05, 0.1) is 16.7 Å². The first-order valence-corrected chi connectivity index (χ1v) is 15.3. The summed E-state index contributed by atoms with van der Waals surface area (Å²) in [7, 11) is 0. The van der Waals surface area contributed by atoms with E-state index >= 15 is 0 Å². The average molecular weight is 572 g/mol. The Morgan fingerprint density at radius 2 is 1.18 bits per heavy atom. The summed E-state index contributed by atoms with van der Waals surface area (Å²) in [6.07, 6.45) is 0. The third kappa shape index (κ3) is 3.52. The monoisotopic (exact) mass is 571 g/mol. The van der Waals surface area contributed by atoms with E-state index in [2.05, 4.69) is 138 Å². The molecule has 0 spiro atoms. The lowest BCUT2D eigenvalue weighted by Crippen LogP contribution is -2.02. The maximum atomic E-state index is 5.26. The van der Waals surface area contributed by atoms with Crippen molar-refractivity contribution in [3.05, 3.63) is 152 Å².